The van der Waals surface area contributed by atoms with Gasteiger partial charge in [-0.2, -0.15) is 0 Å². The fourth-order valence-electron chi connectivity index (χ4n) is 3.28. The van der Waals surface area contributed by atoms with E-state index in [1.54, 1.807) is 0 Å². The minimum Gasteiger partial charge on any atom is -0.312 e. The van der Waals surface area contributed by atoms with Crippen molar-refractivity contribution in [3.63, 3.8) is 0 Å². The molecule has 1 aliphatic carbocycles. The van der Waals surface area contributed by atoms with Gasteiger partial charge in [0.05, 0.1) is 0 Å². The predicted octanol–water partition coefficient (Wildman–Crippen LogP) is 4.28. The number of nitrogens with one attached hydrogen (secondary N) is 1. The average molecular weight is 245 g/mol. The first kappa shape index (κ1) is 13.6. The van der Waals surface area contributed by atoms with Crippen molar-refractivity contribution in [3.8, 4) is 0 Å². The molecule has 1 aromatic carbocycles. The second-order valence-corrected chi connectivity index (χ2v) is 6.01. The van der Waals surface area contributed by atoms with Crippen LogP contribution in [0.4, 0.5) is 0 Å². The quantitative estimate of drug-likeness (QED) is 0.834. The monoisotopic (exact) mass is 245 g/mol. The summed E-state index contributed by atoms with van der Waals surface area (Å²) in [6, 6.07) is 4.59. The molecule has 100 valence electrons. The number of aryl methyl sites for hydroxylation is 3. The van der Waals surface area contributed by atoms with E-state index >= 15 is 0 Å². The van der Waals surface area contributed by atoms with Crippen molar-refractivity contribution < 1.29 is 0 Å². The maximum absolute atomic E-state index is 3.67. The predicted molar refractivity (Wildman–Crippen MR) is 78.9 cm³/mol. The summed E-state index contributed by atoms with van der Waals surface area (Å²) < 4.78 is 0. The molecule has 0 heterocycles. The van der Waals surface area contributed by atoms with Gasteiger partial charge in [-0.1, -0.05) is 37.0 Å². The van der Waals surface area contributed by atoms with Crippen LogP contribution in [0.5, 0.6) is 0 Å². The van der Waals surface area contributed by atoms with E-state index in [9.17, 15) is 0 Å². The van der Waals surface area contributed by atoms with E-state index in [-0.39, 0.29) is 0 Å². The highest BCUT2D eigenvalue weighted by Gasteiger charge is 2.13. The third kappa shape index (κ3) is 3.58. The van der Waals surface area contributed by atoms with E-state index < -0.39 is 0 Å². The van der Waals surface area contributed by atoms with Crippen molar-refractivity contribution in [1.29, 1.82) is 0 Å². The highest BCUT2D eigenvalue weighted by molar-refractivity contribution is 5.37. The molecule has 1 heteroatoms. The number of hydrogen-bond donors (Lipinski definition) is 1. The zero-order valence-corrected chi connectivity index (χ0v) is 12.2. The van der Waals surface area contributed by atoms with Crippen LogP contribution >= 0.6 is 0 Å². The van der Waals surface area contributed by atoms with Crippen molar-refractivity contribution in [2.24, 2.45) is 5.92 Å². The molecule has 0 bridgehead atoms. The first-order valence-corrected chi connectivity index (χ1v) is 7.44. The Morgan fingerprint density at radius 3 is 2.22 bits per heavy atom. The van der Waals surface area contributed by atoms with Crippen LogP contribution in [-0.4, -0.2) is 6.54 Å². The van der Waals surface area contributed by atoms with E-state index in [1.165, 1.54) is 60.9 Å². The molecule has 1 aromatic rings. The molecule has 1 saturated carbocycles. The van der Waals surface area contributed by atoms with Crippen LogP contribution in [-0.2, 0) is 6.54 Å². The molecule has 0 amide bonds. The summed E-state index contributed by atoms with van der Waals surface area (Å²) in [5.74, 6) is 0.921. The van der Waals surface area contributed by atoms with E-state index in [2.05, 4.69) is 38.2 Å². The lowest BCUT2D eigenvalue weighted by molar-refractivity contribution is 0.342. The van der Waals surface area contributed by atoms with Crippen molar-refractivity contribution in [1.82, 2.24) is 5.32 Å². The van der Waals surface area contributed by atoms with Crippen LogP contribution in [0.15, 0.2) is 12.1 Å². The molecule has 2 rings (SSSR count). The van der Waals surface area contributed by atoms with Gasteiger partial charge in [-0.05, 0) is 62.8 Å². The first-order chi connectivity index (χ1) is 8.66. The maximum atomic E-state index is 3.67. The normalized spacial score (nSPS) is 17.1. The Morgan fingerprint density at radius 1 is 1.00 bits per heavy atom. The Bertz CT molecular complexity index is 366. The Hall–Kier alpha value is -0.820. The zero-order chi connectivity index (χ0) is 13.0. The number of benzene rings is 1. The molecule has 0 saturated heterocycles. The van der Waals surface area contributed by atoms with Gasteiger partial charge in [0.1, 0.15) is 0 Å². The molecule has 0 aliphatic heterocycles. The summed E-state index contributed by atoms with van der Waals surface area (Å²) in [4.78, 5) is 0. The van der Waals surface area contributed by atoms with Crippen molar-refractivity contribution in [3.05, 3.63) is 34.4 Å². The summed E-state index contributed by atoms with van der Waals surface area (Å²) in [5.41, 5.74) is 5.74. The fraction of sp³-hybridized carbons (Fsp3) is 0.647. The second kappa shape index (κ2) is 6.38. The molecule has 0 unspecified atom stereocenters. The largest absolute Gasteiger partial charge is 0.312 e. The van der Waals surface area contributed by atoms with Crippen molar-refractivity contribution in [2.75, 3.05) is 6.54 Å². The Kier molecular flexibility index (Phi) is 4.82. The molecule has 18 heavy (non-hydrogen) atoms. The minimum atomic E-state index is 0.921. The lowest BCUT2D eigenvalue weighted by Gasteiger charge is -2.22. The van der Waals surface area contributed by atoms with Crippen LogP contribution in [0.2, 0.25) is 0 Å². The second-order valence-electron chi connectivity index (χ2n) is 6.01. The van der Waals surface area contributed by atoms with Gasteiger partial charge in [0.2, 0.25) is 0 Å². The van der Waals surface area contributed by atoms with E-state index in [4.69, 9.17) is 0 Å². The number of rotatable bonds is 4. The van der Waals surface area contributed by atoms with Gasteiger partial charge in [0, 0.05) is 6.54 Å². The Balaban J connectivity index is 1.86. The topological polar surface area (TPSA) is 12.0 Å². The Labute approximate surface area is 112 Å². The van der Waals surface area contributed by atoms with Gasteiger partial charge < -0.3 is 5.32 Å². The van der Waals surface area contributed by atoms with Gasteiger partial charge in [0.25, 0.3) is 0 Å². The SMILES string of the molecule is Cc1cc(C)c(CNCC2CCCCC2)c(C)c1. The summed E-state index contributed by atoms with van der Waals surface area (Å²) in [6.07, 6.45) is 7.19. The van der Waals surface area contributed by atoms with E-state index in [1.807, 2.05) is 0 Å². The molecule has 0 atom stereocenters. The van der Waals surface area contributed by atoms with Gasteiger partial charge in [-0.15, -0.1) is 0 Å². The Morgan fingerprint density at radius 2 is 1.61 bits per heavy atom. The van der Waals surface area contributed by atoms with Crippen molar-refractivity contribution >= 4 is 0 Å². The van der Waals surface area contributed by atoms with Crippen molar-refractivity contribution in [2.45, 2.75) is 59.4 Å². The molecule has 1 nitrogen and oxygen atoms in total. The van der Waals surface area contributed by atoms with Crippen LogP contribution in [0.3, 0.4) is 0 Å². The average Bonchev–Trinajstić information content (AvgIpc) is 2.34. The third-order valence-corrected chi connectivity index (χ3v) is 4.30. The van der Waals surface area contributed by atoms with Gasteiger partial charge in [-0.3, -0.25) is 0 Å². The molecule has 0 aromatic heterocycles. The molecule has 1 fully saturated rings. The van der Waals surface area contributed by atoms with Crippen LogP contribution < -0.4 is 5.32 Å². The standard InChI is InChI=1S/C17H27N/c1-13-9-14(2)17(15(3)10-13)12-18-11-16-7-5-4-6-8-16/h9-10,16,18H,4-8,11-12H2,1-3H3. The fourth-order valence-corrected chi connectivity index (χ4v) is 3.28. The highest BCUT2D eigenvalue weighted by Crippen LogP contribution is 2.23. The lowest BCUT2D eigenvalue weighted by Crippen LogP contribution is -2.24. The highest BCUT2D eigenvalue weighted by atomic mass is 14.9. The van der Waals surface area contributed by atoms with E-state index in [0.717, 1.165) is 12.5 Å². The smallest absolute Gasteiger partial charge is 0.0210 e. The lowest BCUT2D eigenvalue weighted by atomic mass is 9.89. The summed E-state index contributed by atoms with van der Waals surface area (Å²) in [6.45, 7) is 8.88. The van der Waals surface area contributed by atoms with Crippen LogP contribution in [0.1, 0.15) is 54.4 Å². The molecular formula is C17H27N. The van der Waals surface area contributed by atoms with Gasteiger partial charge in [-0.25, -0.2) is 0 Å². The molecule has 0 radical (unpaired) electrons. The number of hydrogen-bond acceptors (Lipinski definition) is 1. The zero-order valence-electron chi connectivity index (χ0n) is 12.2. The van der Waals surface area contributed by atoms with Crippen LogP contribution in [0, 0.1) is 26.7 Å². The molecule has 1 aliphatic rings. The molecular weight excluding hydrogens is 218 g/mol. The third-order valence-electron chi connectivity index (χ3n) is 4.30. The molecule has 1 N–H and O–H groups in total. The summed E-state index contributed by atoms with van der Waals surface area (Å²) >= 11 is 0. The van der Waals surface area contributed by atoms with Gasteiger partial charge in [0.15, 0.2) is 0 Å². The van der Waals surface area contributed by atoms with Gasteiger partial charge >= 0.3 is 0 Å². The summed E-state index contributed by atoms with van der Waals surface area (Å²) in [7, 11) is 0. The summed E-state index contributed by atoms with van der Waals surface area (Å²) in [5, 5.41) is 3.67. The maximum Gasteiger partial charge on any atom is 0.0210 e. The molecule has 0 spiro atoms. The van der Waals surface area contributed by atoms with Crippen LogP contribution in [0.25, 0.3) is 0 Å². The van der Waals surface area contributed by atoms with E-state index in [0.29, 0.717) is 0 Å². The first-order valence-electron chi connectivity index (χ1n) is 7.44. The minimum absolute atomic E-state index is 0.921.